The number of nitrogens with two attached hydrogens (primary N) is 1. The quantitative estimate of drug-likeness (QED) is 0.644. The summed E-state index contributed by atoms with van der Waals surface area (Å²) < 4.78 is 52.8. The highest BCUT2D eigenvalue weighted by molar-refractivity contribution is 7.10. The summed E-state index contributed by atoms with van der Waals surface area (Å²) >= 11 is 0.949. The van der Waals surface area contributed by atoms with Gasteiger partial charge in [-0.3, -0.25) is 4.90 Å². The summed E-state index contributed by atoms with van der Waals surface area (Å²) in [7, 11) is 0. The lowest BCUT2D eigenvalue weighted by molar-refractivity contribution is -0.148. The fourth-order valence-electron chi connectivity index (χ4n) is 2.41. The molecule has 7 heteroatoms. The van der Waals surface area contributed by atoms with Crippen LogP contribution in [-0.4, -0.2) is 30.2 Å². The number of thiophene rings is 1. The fourth-order valence-corrected chi connectivity index (χ4v) is 3.41. The Bertz CT molecular complexity index is 528. The number of hydrogen-bond acceptors (Lipinski definition) is 3. The molecule has 1 saturated carbocycles. The molecule has 0 aromatic carbocycles. The summed E-state index contributed by atoms with van der Waals surface area (Å²) in [6.45, 7) is 0.550. The largest absolute Gasteiger partial charge is 0.390 e. The summed E-state index contributed by atoms with van der Waals surface area (Å²) in [5, 5.41) is 1.39. The van der Waals surface area contributed by atoms with Gasteiger partial charge in [0.1, 0.15) is 0 Å². The van der Waals surface area contributed by atoms with Gasteiger partial charge in [0.15, 0.2) is 5.82 Å². The van der Waals surface area contributed by atoms with Gasteiger partial charge in [-0.05, 0) is 12.8 Å². The number of halogens is 4. The first-order valence-electron chi connectivity index (χ1n) is 6.63. The molecule has 0 bridgehead atoms. The normalized spacial score (nSPS) is 17.0. The summed E-state index contributed by atoms with van der Waals surface area (Å²) in [4.78, 5) is 1.73. The highest BCUT2D eigenvalue weighted by atomic mass is 32.1. The lowest BCUT2D eigenvalue weighted by atomic mass is 10.1. The van der Waals surface area contributed by atoms with Gasteiger partial charge in [-0.25, -0.2) is 4.39 Å². The van der Waals surface area contributed by atoms with Crippen LogP contribution in [0.15, 0.2) is 5.38 Å². The zero-order valence-electron chi connectivity index (χ0n) is 11.3. The minimum Gasteiger partial charge on any atom is -0.329 e. The maximum atomic E-state index is 14.2. The zero-order chi connectivity index (χ0) is 15.6. The SMILES string of the molecule is C#Cc1csc(C(CC(F)(F)F)N(CCN)C2CC2)c1F. The van der Waals surface area contributed by atoms with E-state index < -0.39 is 24.5 Å². The van der Waals surface area contributed by atoms with Crippen LogP contribution in [0.4, 0.5) is 17.6 Å². The first-order valence-corrected chi connectivity index (χ1v) is 7.51. The predicted octanol–water partition coefficient (Wildman–Crippen LogP) is 3.29. The molecule has 2 N–H and O–H groups in total. The van der Waals surface area contributed by atoms with E-state index in [2.05, 4.69) is 5.92 Å². The van der Waals surface area contributed by atoms with Gasteiger partial charge in [-0.1, -0.05) is 5.92 Å². The molecule has 1 unspecified atom stereocenters. The van der Waals surface area contributed by atoms with Crippen molar-refractivity contribution in [2.45, 2.75) is 37.5 Å². The first kappa shape index (κ1) is 16.3. The van der Waals surface area contributed by atoms with Crippen molar-refractivity contribution in [1.82, 2.24) is 4.90 Å². The van der Waals surface area contributed by atoms with E-state index in [1.807, 2.05) is 0 Å². The average molecular weight is 320 g/mol. The third kappa shape index (κ3) is 3.96. The van der Waals surface area contributed by atoms with Crippen molar-refractivity contribution in [3.63, 3.8) is 0 Å². The minimum atomic E-state index is -4.38. The average Bonchev–Trinajstić information content (AvgIpc) is 3.16. The van der Waals surface area contributed by atoms with Crippen molar-refractivity contribution in [2.24, 2.45) is 5.73 Å². The van der Waals surface area contributed by atoms with Gasteiger partial charge in [-0.2, -0.15) is 13.2 Å². The molecule has 0 radical (unpaired) electrons. The van der Waals surface area contributed by atoms with E-state index in [1.165, 1.54) is 5.38 Å². The van der Waals surface area contributed by atoms with Crippen LogP contribution in [0.5, 0.6) is 0 Å². The molecule has 1 aromatic heterocycles. The van der Waals surface area contributed by atoms with Gasteiger partial charge in [0.25, 0.3) is 0 Å². The van der Waals surface area contributed by atoms with E-state index in [0.29, 0.717) is 6.54 Å². The molecular weight excluding hydrogens is 304 g/mol. The Morgan fingerprint density at radius 1 is 1.48 bits per heavy atom. The van der Waals surface area contributed by atoms with Crippen molar-refractivity contribution in [2.75, 3.05) is 13.1 Å². The predicted molar refractivity (Wildman–Crippen MR) is 74.4 cm³/mol. The van der Waals surface area contributed by atoms with Crippen molar-refractivity contribution in [1.29, 1.82) is 0 Å². The standard InChI is InChI=1S/C14H16F4N2S/c1-2-9-8-21-13(12(9)15)11(7-14(16,17)18)20(6-5-19)10-3-4-10/h1,8,10-11H,3-7,19H2. The van der Waals surface area contributed by atoms with E-state index in [1.54, 1.807) is 4.90 Å². The van der Waals surface area contributed by atoms with Gasteiger partial charge < -0.3 is 5.73 Å². The fraction of sp³-hybridized carbons (Fsp3) is 0.571. The molecule has 2 nitrogen and oxygen atoms in total. The van der Waals surface area contributed by atoms with Crippen molar-refractivity contribution in [3.8, 4) is 12.3 Å². The number of alkyl halides is 3. The highest BCUT2D eigenvalue weighted by Crippen LogP contribution is 2.42. The molecule has 1 aliphatic rings. The molecule has 116 valence electrons. The molecule has 1 atom stereocenters. The van der Waals surface area contributed by atoms with E-state index in [0.717, 1.165) is 24.2 Å². The smallest absolute Gasteiger partial charge is 0.329 e. The molecule has 1 aliphatic carbocycles. The molecule has 21 heavy (non-hydrogen) atoms. The van der Waals surface area contributed by atoms with E-state index in [4.69, 9.17) is 12.2 Å². The van der Waals surface area contributed by atoms with Crippen LogP contribution in [0.3, 0.4) is 0 Å². The lowest BCUT2D eigenvalue weighted by Gasteiger charge is -2.31. The maximum Gasteiger partial charge on any atom is 0.390 e. The van der Waals surface area contributed by atoms with Gasteiger partial charge in [0.2, 0.25) is 0 Å². The van der Waals surface area contributed by atoms with Crippen LogP contribution in [0, 0.1) is 18.2 Å². The number of nitrogens with zero attached hydrogens (tertiary/aromatic N) is 1. The Balaban J connectivity index is 2.34. The Morgan fingerprint density at radius 2 is 2.14 bits per heavy atom. The number of hydrogen-bond donors (Lipinski definition) is 1. The lowest BCUT2D eigenvalue weighted by Crippen LogP contribution is -2.37. The maximum absolute atomic E-state index is 14.2. The minimum absolute atomic E-state index is 0.0191. The first-order chi connectivity index (χ1) is 9.87. The summed E-state index contributed by atoms with van der Waals surface area (Å²) in [5.74, 6) is 1.45. The summed E-state index contributed by atoms with van der Waals surface area (Å²) in [6, 6.07) is -0.996. The molecule has 0 amide bonds. The summed E-state index contributed by atoms with van der Waals surface area (Å²) in [5.41, 5.74) is 5.52. The van der Waals surface area contributed by atoms with Gasteiger partial charge in [0, 0.05) is 24.5 Å². The second-order valence-electron chi connectivity index (χ2n) is 5.06. The van der Waals surface area contributed by atoms with Gasteiger partial charge in [0.05, 0.1) is 22.9 Å². The molecular formula is C14H16F4N2S. The monoisotopic (exact) mass is 320 g/mol. The van der Waals surface area contributed by atoms with Crippen molar-refractivity contribution in [3.05, 3.63) is 21.6 Å². The molecule has 0 aliphatic heterocycles. The van der Waals surface area contributed by atoms with Crippen LogP contribution in [0.2, 0.25) is 0 Å². The second kappa shape index (κ2) is 6.34. The Labute approximate surface area is 124 Å². The molecule has 1 aromatic rings. The van der Waals surface area contributed by atoms with Gasteiger partial charge >= 0.3 is 6.18 Å². The van der Waals surface area contributed by atoms with Crippen LogP contribution in [0.25, 0.3) is 0 Å². The van der Waals surface area contributed by atoms with E-state index >= 15 is 0 Å². The Hall–Kier alpha value is -1.10. The number of terminal acetylenes is 1. The van der Waals surface area contributed by atoms with Crippen LogP contribution >= 0.6 is 11.3 Å². The summed E-state index contributed by atoms with van der Waals surface area (Å²) in [6.07, 6.45) is 1.34. The molecule has 0 saturated heterocycles. The number of rotatable bonds is 6. The third-order valence-corrected chi connectivity index (χ3v) is 4.50. The Kier molecular flexibility index (Phi) is 4.91. The molecule has 1 fully saturated rings. The highest BCUT2D eigenvalue weighted by Gasteiger charge is 2.42. The van der Waals surface area contributed by atoms with E-state index in [9.17, 15) is 17.6 Å². The van der Waals surface area contributed by atoms with Crippen LogP contribution in [-0.2, 0) is 0 Å². The third-order valence-electron chi connectivity index (χ3n) is 3.44. The van der Waals surface area contributed by atoms with Gasteiger partial charge in [-0.15, -0.1) is 17.8 Å². The van der Waals surface area contributed by atoms with Crippen LogP contribution in [0.1, 0.15) is 35.7 Å². The topological polar surface area (TPSA) is 29.3 Å². The van der Waals surface area contributed by atoms with Crippen LogP contribution < -0.4 is 5.73 Å². The van der Waals surface area contributed by atoms with Crippen molar-refractivity contribution < 1.29 is 17.6 Å². The Morgan fingerprint density at radius 3 is 2.57 bits per heavy atom. The molecule has 1 heterocycles. The molecule has 2 rings (SSSR count). The molecule has 0 spiro atoms. The van der Waals surface area contributed by atoms with E-state index in [-0.39, 0.29) is 23.0 Å². The zero-order valence-corrected chi connectivity index (χ0v) is 12.1. The van der Waals surface area contributed by atoms with Crippen molar-refractivity contribution >= 4 is 11.3 Å². The second-order valence-corrected chi connectivity index (χ2v) is 5.98.